The fourth-order valence-electron chi connectivity index (χ4n) is 1.29. The van der Waals surface area contributed by atoms with Crippen LogP contribution < -0.4 is 5.14 Å². The predicted molar refractivity (Wildman–Crippen MR) is 57.4 cm³/mol. The van der Waals surface area contributed by atoms with Crippen molar-refractivity contribution in [1.29, 1.82) is 0 Å². The van der Waals surface area contributed by atoms with Gasteiger partial charge >= 0.3 is 6.18 Å². The fourth-order valence-corrected chi connectivity index (χ4v) is 1.87. The first-order valence-corrected chi connectivity index (χ1v) is 6.38. The van der Waals surface area contributed by atoms with E-state index in [4.69, 9.17) is 5.14 Å². The number of alkyl halides is 3. The van der Waals surface area contributed by atoms with Crippen molar-refractivity contribution in [1.82, 2.24) is 0 Å². The largest absolute Gasteiger partial charge is 0.416 e. The van der Waals surface area contributed by atoms with Crippen LogP contribution in [0, 0.1) is 0 Å². The maximum absolute atomic E-state index is 12.6. The normalized spacial score (nSPS) is 12.5. The number of carbonyl (C=O) groups is 1. The van der Waals surface area contributed by atoms with Crippen LogP contribution >= 0.6 is 0 Å². The van der Waals surface area contributed by atoms with Crippen LogP contribution in [0.2, 0.25) is 0 Å². The van der Waals surface area contributed by atoms with Crippen LogP contribution in [0.5, 0.6) is 0 Å². The summed E-state index contributed by atoms with van der Waals surface area (Å²) in [6, 6.07) is 1.86. The minimum absolute atomic E-state index is 0.0363. The summed E-state index contributed by atoms with van der Waals surface area (Å²) < 4.78 is 59.8. The zero-order valence-corrected chi connectivity index (χ0v) is 10.1. The molecule has 0 aromatic heterocycles. The Balaban J connectivity index is 3.54. The molecule has 0 aliphatic rings. The molecule has 100 valence electrons. The van der Waals surface area contributed by atoms with Gasteiger partial charge < -0.3 is 0 Å². The highest BCUT2D eigenvalue weighted by atomic mass is 32.2. The molecule has 0 spiro atoms. The van der Waals surface area contributed by atoms with E-state index in [0.717, 1.165) is 6.07 Å². The van der Waals surface area contributed by atoms with Crippen molar-refractivity contribution < 1.29 is 26.4 Å². The monoisotopic (exact) mass is 281 g/mol. The Labute approximate surface area is 102 Å². The van der Waals surface area contributed by atoms with Crippen LogP contribution in [0.1, 0.15) is 29.3 Å². The van der Waals surface area contributed by atoms with Gasteiger partial charge in [0, 0.05) is 12.0 Å². The molecule has 8 heteroatoms. The molecule has 0 fully saturated rings. The molecule has 1 aromatic rings. The third-order valence-electron chi connectivity index (χ3n) is 2.21. The Bertz CT molecular complexity index is 579. The fraction of sp³-hybridized carbons (Fsp3) is 0.300. The maximum Gasteiger partial charge on any atom is 0.416 e. The van der Waals surface area contributed by atoms with Crippen molar-refractivity contribution in [3.05, 3.63) is 29.3 Å². The van der Waals surface area contributed by atoms with Crippen molar-refractivity contribution in [2.45, 2.75) is 24.4 Å². The van der Waals surface area contributed by atoms with Gasteiger partial charge in [0.15, 0.2) is 5.78 Å². The molecule has 0 saturated carbocycles. The van der Waals surface area contributed by atoms with E-state index < -0.39 is 32.4 Å². The zero-order chi connectivity index (χ0) is 14.1. The molecule has 0 aliphatic carbocycles. The molecule has 0 aliphatic heterocycles. The summed E-state index contributed by atoms with van der Waals surface area (Å²) in [4.78, 5) is 10.6. The van der Waals surface area contributed by atoms with Gasteiger partial charge in [0.1, 0.15) is 0 Å². The summed E-state index contributed by atoms with van der Waals surface area (Å²) in [5.41, 5.74) is -1.54. The van der Waals surface area contributed by atoms with Gasteiger partial charge in [-0.15, -0.1) is 0 Å². The number of ketones is 1. The lowest BCUT2D eigenvalue weighted by Gasteiger charge is -2.10. The van der Waals surface area contributed by atoms with E-state index in [1.54, 1.807) is 0 Å². The van der Waals surface area contributed by atoms with Gasteiger partial charge in [0.25, 0.3) is 0 Å². The smallest absolute Gasteiger partial charge is 0.294 e. The SMILES string of the molecule is CCC(=O)c1cc(C(F)(F)F)cc(S(N)(=O)=O)c1. The molecular formula is C10H10F3NO3S. The van der Waals surface area contributed by atoms with Crippen LogP contribution in [0.4, 0.5) is 13.2 Å². The van der Waals surface area contributed by atoms with Crippen LogP contribution in [0.15, 0.2) is 23.1 Å². The van der Waals surface area contributed by atoms with Crippen LogP contribution in [0.3, 0.4) is 0 Å². The Hall–Kier alpha value is -1.41. The van der Waals surface area contributed by atoms with Gasteiger partial charge in [-0.3, -0.25) is 4.79 Å². The number of Topliss-reactive ketones (excluding diaryl/α,β-unsaturated/α-hetero) is 1. The summed E-state index contributed by atoms with van der Waals surface area (Å²) in [5.74, 6) is -0.592. The molecule has 18 heavy (non-hydrogen) atoms. The predicted octanol–water partition coefficient (Wildman–Crippen LogP) is 1.95. The third kappa shape index (κ3) is 3.30. The summed E-state index contributed by atoms with van der Waals surface area (Å²) in [6.45, 7) is 1.46. The molecule has 0 saturated heterocycles. The second kappa shape index (κ2) is 4.69. The number of hydrogen-bond acceptors (Lipinski definition) is 3. The Morgan fingerprint density at radius 1 is 1.28 bits per heavy atom. The molecule has 4 nitrogen and oxygen atoms in total. The van der Waals surface area contributed by atoms with Gasteiger partial charge in [0.2, 0.25) is 10.0 Å². The first-order valence-electron chi connectivity index (χ1n) is 4.84. The van der Waals surface area contributed by atoms with E-state index in [0.29, 0.717) is 12.1 Å². The van der Waals surface area contributed by atoms with E-state index in [2.05, 4.69) is 0 Å². The molecule has 0 radical (unpaired) electrons. The lowest BCUT2D eigenvalue weighted by molar-refractivity contribution is -0.137. The zero-order valence-electron chi connectivity index (χ0n) is 9.28. The average Bonchev–Trinajstić information content (AvgIpc) is 2.25. The van der Waals surface area contributed by atoms with Gasteiger partial charge in [-0.1, -0.05) is 6.92 Å². The number of rotatable bonds is 3. The summed E-state index contributed by atoms with van der Waals surface area (Å²) in [7, 11) is -4.30. The van der Waals surface area contributed by atoms with Crippen LogP contribution in [-0.4, -0.2) is 14.2 Å². The minimum atomic E-state index is -4.75. The lowest BCUT2D eigenvalue weighted by atomic mass is 10.1. The molecule has 1 aromatic carbocycles. The third-order valence-corrected chi connectivity index (χ3v) is 3.10. The minimum Gasteiger partial charge on any atom is -0.294 e. The van der Waals surface area contributed by atoms with Gasteiger partial charge in [-0.25, -0.2) is 13.6 Å². The summed E-state index contributed by atoms with van der Waals surface area (Å²) in [6.07, 6.45) is -4.78. The van der Waals surface area contributed by atoms with Gasteiger partial charge in [-0.05, 0) is 18.2 Å². The highest BCUT2D eigenvalue weighted by molar-refractivity contribution is 7.89. The summed E-state index contributed by atoms with van der Waals surface area (Å²) in [5, 5.41) is 4.77. The lowest BCUT2D eigenvalue weighted by Crippen LogP contribution is -2.16. The van der Waals surface area contributed by atoms with Gasteiger partial charge in [0.05, 0.1) is 10.5 Å². The highest BCUT2D eigenvalue weighted by Crippen LogP contribution is 2.31. The molecule has 0 bridgehead atoms. The molecule has 2 N–H and O–H groups in total. The topological polar surface area (TPSA) is 77.2 Å². The number of halogens is 3. The van der Waals surface area contributed by atoms with Crippen molar-refractivity contribution in [3.8, 4) is 0 Å². The van der Waals surface area contributed by atoms with E-state index in [1.807, 2.05) is 0 Å². The van der Waals surface area contributed by atoms with Crippen molar-refractivity contribution in [2.75, 3.05) is 0 Å². The molecular weight excluding hydrogens is 271 g/mol. The Morgan fingerprint density at radius 3 is 2.22 bits per heavy atom. The van der Waals surface area contributed by atoms with Crippen molar-refractivity contribution in [2.24, 2.45) is 5.14 Å². The number of nitrogens with two attached hydrogens (primary N) is 1. The van der Waals surface area contributed by atoms with E-state index in [-0.39, 0.29) is 12.0 Å². The maximum atomic E-state index is 12.6. The van der Waals surface area contributed by atoms with Crippen molar-refractivity contribution in [3.63, 3.8) is 0 Å². The first kappa shape index (κ1) is 14.7. The van der Waals surface area contributed by atoms with Crippen LogP contribution in [-0.2, 0) is 16.2 Å². The highest BCUT2D eigenvalue weighted by Gasteiger charge is 2.32. The number of benzene rings is 1. The Morgan fingerprint density at radius 2 is 1.83 bits per heavy atom. The standard InChI is InChI=1S/C10H10F3NO3S/c1-2-9(15)6-3-7(10(11,12)13)5-8(4-6)18(14,16)17/h3-5H,2H2,1H3,(H2,14,16,17). The average molecular weight is 281 g/mol. The van der Waals surface area contributed by atoms with E-state index in [9.17, 15) is 26.4 Å². The number of carbonyl (C=O) groups excluding carboxylic acids is 1. The Kier molecular flexibility index (Phi) is 3.82. The number of hydrogen-bond donors (Lipinski definition) is 1. The van der Waals surface area contributed by atoms with Gasteiger partial charge in [-0.2, -0.15) is 13.2 Å². The summed E-state index contributed by atoms with van der Waals surface area (Å²) >= 11 is 0. The molecule has 0 heterocycles. The van der Waals surface area contributed by atoms with Crippen LogP contribution in [0.25, 0.3) is 0 Å². The first-order chi connectivity index (χ1) is 8.05. The number of primary sulfonamides is 1. The number of sulfonamides is 1. The van der Waals surface area contributed by atoms with Crippen molar-refractivity contribution >= 4 is 15.8 Å². The quantitative estimate of drug-likeness (QED) is 0.860. The second-order valence-corrected chi connectivity index (χ2v) is 5.13. The molecule has 0 amide bonds. The molecule has 0 atom stereocenters. The van der Waals surface area contributed by atoms with E-state index in [1.165, 1.54) is 6.92 Å². The molecule has 0 unspecified atom stereocenters. The second-order valence-electron chi connectivity index (χ2n) is 3.57. The molecule has 1 rings (SSSR count). The van der Waals surface area contributed by atoms with E-state index >= 15 is 0 Å².